The highest BCUT2D eigenvalue weighted by atomic mass is 127. The Kier molecular flexibility index (Phi) is 4.22. The third-order valence-electron chi connectivity index (χ3n) is 2.24. The normalized spacial score (nSPS) is 11.7. The fourth-order valence-electron chi connectivity index (χ4n) is 1.44. The van der Waals surface area contributed by atoms with E-state index in [1.54, 1.807) is 0 Å². The minimum atomic E-state index is -4.50. The van der Waals surface area contributed by atoms with E-state index in [0.717, 1.165) is 6.07 Å². The molecule has 0 spiro atoms. The highest BCUT2D eigenvalue weighted by molar-refractivity contribution is 14.1. The fraction of sp³-hybridized carbons (Fsp3) is 0.0909. The van der Waals surface area contributed by atoms with Crippen LogP contribution in [0.15, 0.2) is 24.3 Å². The van der Waals surface area contributed by atoms with Crippen molar-refractivity contribution in [1.29, 1.82) is 0 Å². The maximum absolute atomic E-state index is 12.9. The number of hydrogen-bond acceptors (Lipinski definition) is 2. The molecule has 8 heteroatoms. The number of rotatable bonds is 1. The Morgan fingerprint density at radius 1 is 1.00 bits per heavy atom. The Morgan fingerprint density at radius 3 is 2.05 bits per heavy atom. The van der Waals surface area contributed by atoms with Crippen molar-refractivity contribution < 1.29 is 13.2 Å². The van der Waals surface area contributed by atoms with Gasteiger partial charge in [0.25, 0.3) is 0 Å². The SMILES string of the molecule is FC(F)(F)c1ccccc1-c1nc(Cl)c(I)c(Cl)n1. The summed E-state index contributed by atoms with van der Waals surface area (Å²) in [6, 6.07) is 4.99. The van der Waals surface area contributed by atoms with Gasteiger partial charge in [-0.25, -0.2) is 9.97 Å². The minimum Gasteiger partial charge on any atom is -0.215 e. The molecule has 0 saturated carbocycles. The number of alkyl halides is 3. The highest BCUT2D eigenvalue weighted by Gasteiger charge is 2.34. The third-order valence-corrected chi connectivity index (χ3v) is 4.45. The lowest BCUT2D eigenvalue weighted by atomic mass is 10.1. The minimum absolute atomic E-state index is 0.0209. The van der Waals surface area contributed by atoms with Crippen LogP contribution in [0.3, 0.4) is 0 Å². The molecule has 0 bridgehead atoms. The maximum atomic E-state index is 12.9. The summed E-state index contributed by atoms with van der Waals surface area (Å²) in [4.78, 5) is 7.68. The summed E-state index contributed by atoms with van der Waals surface area (Å²) < 4.78 is 39.1. The molecular weight excluding hydrogens is 415 g/mol. The second-order valence-electron chi connectivity index (χ2n) is 3.49. The van der Waals surface area contributed by atoms with Gasteiger partial charge < -0.3 is 0 Å². The van der Waals surface area contributed by atoms with E-state index in [-0.39, 0.29) is 21.7 Å². The van der Waals surface area contributed by atoms with Gasteiger partial charge in [-0.2, -0.15) is 13.2 Å². The summed E-state index contributed by atoms with van der Waals surface area (Å²) in [6.45, 7) is 0. The molecule has 0 saturated heterocycles. The second kappa shape index (κ2) is 5.41. The van der Waals surface area contributed by atoms with Gasteiger partial charge in [0.2, 0.25) is 0 Å². The molecule has 100 valence electrons. The van der Waals surface area contributed by atoms with Crippen LogP contribution in [0.25, 0.3) is 11.4 Å². The summed E-state index contributed by atoms with van der Waals surface area (Å²) >= 11 is 13.4. The van der Waals surface area contributed by atoms with Gasteiger partial charge in [-0.3, -0.25) is 0 Å². The van der Waals surface area contributed by atoms with E-state index in [0.29, 0.717) is 3.57 Å². The van der Waals surface area contributed by atoms with Crippen molar-refractivity contribution >= 4 is 45.8 Å². The van der Waals surface area contributed by atoms with Crippen LogP contribution in [0, 0.1) is 3.57 Å². The fourth-order valence-corrected chi connectivity index (χ4v) is 2.07. The lowest BCUT2D eigenvalue weighted by Crippen LogP contribution is -2.08. The van der Waals surface area contributed by atoms with E-state index in [9.17, 15) is 13.2 Å². The predicted octanol–water partition coefficient (Wildman–Crippen LogP) is 5.07. The lowest BCUT2D eigenvalue weighted by Gasteiger charge is -2.12. The summed E-state index contributed by atoms with van der Waals surface area (Å²) in [7, 11) is 0. The molecule has 0 fully saturated rings. The number of benzene rings is 1. The molecular formula is C11H4Cl2F3IN2. The van der Waals surface area contributed by atoms with Crippen LogP contribution in [-0.2, 0) is 6.18 Å². The third kappa shape index (κ3) is 3.11. The van der Waals surface area contributed by atoms with Crippen LogP contribution in [0.4, 0.5) is 13.2 Å². The van der Waals surface area contributed by atoms with Crippen LogP contribution >= 0.6 is 45.8 Å². The standard InChI is InChI=1S/C11H4Cl2F3IN2/c12-8-7(17)9(13)19-10(18-8)5-3-1-2-4-6(5)11(14,15)16/h1-4H. The van der Waals surface area contributed by atoms with Crippen molar-refractivity contribution in [3.63, 3.8) is 0 Å². The lowest BCUT2D eigenvalue weighted by molar-refractivity contribution is -0.137. The first-order valence-electron chi connectivity index (χ1n) is 4.86. The second-order valence-corrected chi connectivity index (χ2v) is 5.28. The molecule has 19 heavy (non-hydrogen) atoms. The Bertz CT molecular complexity index is 609. The van der Waals surface area contributed by atoms with Gasteiger partial charge in [-0.1, -0.05) is 41.4 Å². The zero-order valence-corrected chi connectivity index (χ0v) is 12.6. The molecule has 0 radical (unpaired) electrons. The number of nitrogens with zero attached hydrogens (tertiary/aromatic N) is 2. The van der Waals surface area contributed by atoms with Crippen LogP contribution in [-0.4, -0.2) is 9.97 Å². The Hall–Kier alpha value is -0.600. The van der Waals surface area contributed by atoms with Gasteiger partial charge >= 0.3 is 6.18 Å². The molecule has 0 aliphatic heterocycles. The first-order chi connectivity index (χ1) is 8.80. The molecule has 0 N–H and O–H groups in total. The maximum Gasteiger partial charge on any atom is 0.417 e. The molecule has 0 unspecified atom stereocenters. The molecule has 0 aliphatic rings. The molecule has 1 aromatic carbocycles. The van der Waals surface area contributed by atoms with E-state index in [4.69, 9.17) is 23.2 Å². The molecule has 1 aromatic heterocycles. The van der Waals surface area contributed by atoms with Gasteiger partial charge in [-0.05, 0) is 28.7 Å². The van der Waals surface area contributed by atoms with Crippen molar-refractivity contribution in [2.45, 2.75) is 6.18 Å². The Morgan fingerprint density at radius 2 is 1.53 bits per heavy atom. The topological polar surface area (TPSA) is 25.8 Å². The first kappa shape index (κ1) is 14.8. The molecule has 2 nitrogen and oxygen atoms in total. The largest absolute Gasteiger partial charge is 0.417 e. The van der Waals surface area contributed by atoms with Gasteiger partial charge in [-0.15, -0.1) is 0 Å². The van der Waals surface area contributed by atoms with Gasteiger partial charge in [0.1, 0.15) is 10.3 Å². The summed E-state index contributed by atoms with van der Waals surface area (Å²) in [6.07, 6.45) is -4.50. The van der Waals surface area contributed by atoms with Gasteiger partial charge in [0, 0.05) is 5.56 Å². The quantitative estimate of drug-likeness (QED) is 0.477. The zero-order chi connectivity index (χ0) is 14.2. The number of aromatic nitrogens is 2. The Labute approximate surface area is 130 Å². The molecule has 0 aliphatic carbocycles. The van der Waals surface area contributed by atoms with Crippen molar-refractivity contribution in [3.8, 4) is 11.4 Å². The Balaban J connectivity index is 2.67. The van der Waals surface area contributed by atoms with Crippen molar-refractivity contribution in [3.05, 3.63) is 43.7 Å². The van der Waals surface area contributed by atoms with E-state index in [1.807, 2.05) is 22.6 Å². The molecule has 0 atom stereocenters. The summed E-state index contributed by atoms with van der Waals surface area (Å²) in [5.41, 5.74) is -0.987. The van der Waals surface area contributed by atoms with Crippen LogP contribution in [0.5, 0.6) is 0 Å². The van der Waals surface area contributed by atoms with Crippen molar-refractivity contribution in [2.24, 2.45) is 0 Å². The van der Waals surface area contributed by atoms with E-state index < -0.39 is 11.7 Å². The average molecular weight is 419 g/mol. The molecule has 2 rings (SSSR count). The van der Waals surface area contributed by atoms with Gasteiger partial charge in [0.15, 0.2) is 5.82 Å². The predicted molar refractivity (Wildman–Crippen MR) is 75.2 cm³/mol. The van der Waals surface area contributed by atoms with E-state index in [2.05, 4.69) is 9.97 Å². The smallest absolute Gasteiger partial charge is 0.215 e. The molecule has 0 amide bonds. The highest BCUT2D eigenvalue weighted by Crippen LogP contribution is 2.36. The van der Waals surface area contributed by atoms with E-state index in [1.165, 1.54) is 18.2 Å². The first-order valence-corrected chi connectivity index (χ1v) is 6.69. The summed E-state index contributed by atoms with van der Waals surface area (Å²) in [5.74, 6) is -0.150. The van der Waals surface area contributed by atoms with Crippen LogP contribution in [0.2, 0.25) is 10.3 Å². The van der Waals surface area contributed by atoms with Crippen molar-refractivity contribution in [2.75, 3.05) is 0 Å². The molecule has 1 heterocycles. The number of halogens is 6. The van der Waals surface area contributed by atoms with E-state index >= 15 is 0 Å². The van der Waals surface area contributed by atoms with Crippen molar-refractivity contribution in [1.82, 2.24) is 9.97 Å². The van der Waals surface area contributed by atoms with Crippen LogP contribution in [0.1, 0.15) is 5.56 Å². The monoisotopic (exact) mass is 418 g/mol. The molecule has 2 aromatic rings. The summed E-state index contributed by atoms with van der Waals surface area (Å²) in [5, 5.41) is 0.0418. The van der Waals surface area contributed by atoms with Crippen LogP contribution < -0.4 is 0 Å². The average Bonchev–Trinajstić information content (AvgIpc) is 2.34. The number of hydrogen-bond donors (Lipinski definition) is 0. The zero-order valence-electron chi connectivity index (χ0n) is 8.97. The van der Waals surface area contributed by atoms with Gasteiger partial charge in [0.05, 0.1) is 9.13 Å².